The maximum atomic E-state index is 11.8. The summed E-state index contributed by atoms with van der Waals surface area (Å²) in [5, 5.41) is 2.56. The highest BCUT2D eigenvalue weighted by Gasteiger charge is 2.16. The van der Waals surface area contributed by atoms with Crippen molar-refractivity contribution in [2.45, 2.75) is 0 Å². The molecule has 0 unspecified atom stereocenters. The second-order valence-electron chi connectivity index (χ2n) is 4.45. The number of anilines is 1. The number of amides is 1. The van der Waals surface area contributed by atoms with E-state index < -0.39 is 0 Å². The third-order valence-corrected chi connectivity index (χ3v) is 3.05. The molecule has 1 amide bonds. The van der Waals surface area contributed by atoms with Crippen LogP contribution < -0.4 is 25.3 Å². The second kappa shape index (κ2) is 5.24. The predicted molar refractivity (Wildman–Crippen MR) is 76.9 cm³/mol. The summed E-state index contributed by atoms with van der Waals surface area (Å²) in [5.74, 6) is 1.95. The molecule has 0 atom stereocenters. The Hall–Kier alpha value is -2.89. The number of rotatable bonds is 3. The van der Waals surface area contributed by atoms with E-state index in [4.69, 9.17) is 19.9 Å². The summed E-state index contributed by atoms with van der Waals surface area (Å²) in [6.45, 7) is 0.195. The second-order valence-corrected chi connectivity index (χ2v) is 4.45. The van der Waals surface area contributed by atoms with Gasteiger partial charge in [-0.25, -0.2) is 0 Å². The first kappa shape index (κ1) is 13.1. The lowest BCUT2D eigenvalue weighted by Crippen LogP contribution is -2.18. The normalized spacial score (nSPS) is 12.0. The Kier molecular flexibility index (Phi) is 3.27. The molecule has 2 aromatic carbocycles. The molecule has 21 heavy (non-hydrogen) atoms. The number of nitrogen functional groups attached to an aromatic ring is 1. The first-order valence-corrected chi connectivity index (χ1v) is 6.36. The third-order valence-electron chi connectivity index (χ3n) is 3.05. The zero-order chi connectivity index (χ0) is 14.8. The Morgan fingerprint density at radius 3 is 2.81 bits per heavy atom. The molecule has 0 aromatic heterocycles. The molecule has 6 heteroatoms. The van der Waals surface area contributed by atoms with Gasteiger partial charge in [0.1, 0.15) is 11.5 Å². The largest absolute Gasteiger partial charge is 0.456 e. The van der Waals surface area contributed by atoms with Gasteiger partial charge in [0, 0.05) is 24.9 Å². The van der Waals surface area contributed by atoms with Crippen molar-refractivity contribution in [3.8, 4) is 23.0 Å². The van der Waals surface area contributed by atoms with Crippen molar-refractivity contribution < 1.29 is 19.0 Å². The highest BCUT2D eigenvalue weighted by atomic mass is 16.7. The van der Waals surface area contributed by atoms with Gasteiger partial charge in [-0.3, -0.25) is 4.79 Å². The summed E-state index contributed by atoms with van der Waals surface area (Å²) in [6, 6.07) is 10.1. The van der Waals surface area contributed by atoms with Crippen molar-refractivity contribution in [1.29, 1.82) is 0 Å². The number of hydrogen-bond acceptors (Lipinski definition) is 5. The molecule has 1 aliphatic rings. The summed E-state index contributed by atoms with van der Waals surface area (Å²) in [5.41, 5.74) is 6.68. The molecule has 108 valence electrons. The minimum absolute atomic E-state index is 0.195. The fourth-order valence-corrected chi connectivity index (χ4v) is 2.01. The maximum Gasteiger partial charge on any atom is 0.254 e. The fourth-order valence-electron chi connectivity index (χ4n) is 2.01. The van der Waals surface area contributed by atoms with Crippen LogP contribution in [0, 0.1) is 0 Å². The lowest BCUT2D eigenvalue weighted by Gasteiger charge is -2.11. The number of fused-ring (bicyclic) bond motifs is 1. The number of benzene rings is 2. The first-order valence-electron chi connectivity index (χ1n) is 6.36. The summed E-state index contributed by atoms with van der Waals surface area (Å²) in [6.07, 6.45) is 0. The minimum Gasteiger partial charge on any atom is -0.456 e. The number of ether oxygens (including phenoxy) is 3. The Morgan fingerprint density at radius 2 is 2.00 bits per heavy atom. The van der Waals surface area contributed by atoms with Gasteiger partial charge in [0.15, 0.2) is 11.5 Å². The van der Waals surface area contributed by atoms with Gasteiger partial charge in [0.05, 0.1) is 5.56 Å². The molecule has 0 fully saturated rings. The molecule has 0 radical (unpaired) electrons. The quantitative estimate of drug-likeness (QED) is 0.845. The van der Waals surface area contributed by atoms with Gasteiger partial charge >= 0.3 is 0 Å². The Morgan fingerprint density at radius 1 is 1.19 bits per heavy atom. The molecule has 6 nitrogen and oxygen atoms in total. The van der Waals surface area contributed by atoms with Gasteiger partial charge in [-0.1, -0.05) is 0 Å². The third kappa shape index (κ3) is 2.55. The van der Waals surface area contributed by atoms with Crippen molar-refractivity contribution >= 4 is 11.6 Å². The highest BCUT2D eigenvalue weighted by Crippen LogP contribution is 2.37. The number of carbonyl (C=O) groups is 1. The SMILES string of the molecule is CNC(=O)c1ccc(N)cc1Oc1ccc2c(c1)OCO2. The molecule has 0 saturated carbocycles. The van der Waals surface area contributed by atoms with Crippen LogP contribution in [0.3, 0.4) is 0 Å². The standard InChI is InChI=1S/C15H14N2O4/c1-17-15(18)11-4-2-9(16)6-13(11)21-10-3-5-12-14(7-10)20-8-19-12/h2-7H,8,16H2,1H3,(H,17,18). The minimum atomic E-state index is -0.245. The van der Waals surface area contributed by atoms with Crippen LogP contribution in [-0.4, -0.2) is 19.7 Å². The van der Waals surface area contributed by atoms with E-state index in [2.05, 4.69) is 5.32 Å². The summed E-state index contributed by atoms with van der Waals surface area (Å²) in [4.78, 5) is 11.8. The molecular weight excluding hydrogens is 272 g/mol. The first-order chi connectivity index (χ1) is 10.2. The Bertz CT molecular complexity index is 700. The zero-order valence-electron chi connectivity index (χ0n) is 11.4. The van der Waals surface area contributed by atoms with E-state index >= 15 is 0 Å². The van der Waals surface area contributed by atoms with Crippen LogP contribution in [0.1, 0.15) is 10.4 Å². The predicted octanol–water partition coefficient (Wildman–Crippen LogP) is 2.15. The van der Waals surface area contributed by atoms with E-state index in [1.165, 1.54) is 0 Å². The molecule has 3 rings (SSSR count). The lowest BCUT2D eigenvalue weighted by atomic mass is 10.1. The summed E-state index contributed by atoms with van der Waals surface area (Å²) in [7, 11) is 1.56. The maximum absolute atomic E-state index is 11.8. The van der Waals surface area contributed by atoms with Gasteiger partial charge in [0.2, 0.25) is 6.79 Å². The highest BCUT2D eigenvalue weighted by molar-refractivity contribution is 5.97. The van der Waals surface area contributed by atoms with E-state index in [0.717, 1.165) is 0 Å². The molecule has 2 aromatic rings. The van der Waals surface area contributed by atoms with Crippen molar-refractivity contribution in [1.82, 2.24) is 5.32 Å². The van der Waals surface area contributed by atoms with Crippen LogP contribution in [0.25, 0.3) is 0 Å². The molecule has 3 N–H and O–H groups in total. The Balaban J connectivity index is 1.94. The van der Waals surface area contributed by atoms with Gasteiger partial charge in [-0.2, -0.15) is 0 Å². The smallest absolute Gasteiger partial charge is 0.254 e. The van der Waals surface area contributed by atoms with Gasteiger partial charge in [-0.05, 0) is 24.3 Å². The van der Waals surface area contributed by atoms with Crippen LogP contribution in [-0.2, 0) is 0 Å². The summed E-state index contributed by atoms with van der Waals surface area (Å²) >= 11 is 0. The molecule has 1 heterocycles. The van der Waals surface area contributed by atoms with E-state index in [-0.39, 0.29) is 12.7 Å². The van der Waals surface area contributed by atoms with E-state index in [1.54, 1.807) is 43.4 Å². The molecule has 0 bridgehead atoms. The Labute approximate surface area is 121 Å². The van der Waals surface area contributed by atoms with Crippen LogP contribution in [0.2, 0.25) is 0 Å². The zero-order valence-corrected chi connectivity index (χ0v) is 11.4. The topological polar surface area (TPSA) is 82.8 Å². The number of carbonyl (C=O) groups excluding carboxylic acids is 1. The van der Waals surface area contributed by atoms with Crippen LogP contribution in [0.15, 0.2) is 36.4 Å². The lowest BCUT2D eigenvalue weighted by molar-refractivity contribution is 0.0961. The molecule has 0 spiro atoms. The average molecular weight is 286 g/mol. The van der Waals surface area contributed by atoms with E-state index in [9.17, 15) is 4.79 Å². The van der Waals surface area contributed by atoms with Crippen molar-refractivity contribution in [2.75, 3.05) is 19.6 Å². The average Bonchev–Trinajstić information content (AvgIpc) is 2.94. The number of nitrogens with two attached hydrogens (primary N) is 1. The van der Waals surface area contributed by atoms with Gasteiger partial charge in [-0.15, -0.1) is 0 Å². The van der Waals surface area contributed by atoms with E-state index in [0.29, 0.717) is 34.2 Å². The van der Waals surface area contributed by atoms with Crippen LogP contribution >= 0.6 is 0 Å². The fraction of sp³-hybridized carbons (Fsp3) is 0.133. The van der Waals surface area contributed by atoms with Crippen molar-refractivity contribution in [3.05, 3.63) is 42.0 Å². The van der Waals surface area contributed by atoms with E-state index in [1.807, 2.05) is 0 Å². The van der Waals surface area contributed by atoms with Gasteiger partial charge in [0.25, 0.3) is 5.91 Å². The molecule has 0 aliphatic carbocycles. The van der Waals surface area contributed by atoms with Crippen molar-refractivity contribution in [3.63, 3.8) is 0 Å². The number of nitrogens with one attached hydrogen (secondary N) is 1. The van der Waals surface area contributed by atoms with Gasteiger partial charge < -0.3 is 25.3 Å². The van der Waals surface area contributed by atoms with Crippen molar-refractivity contribution in [2.24, 2.45) is 0 Å². The number of hydrogen-bond donors (Lipinski definition) is 2. The summed E-state index contributed by atoms with van der Waals surface area (Å²) < 4.78 is 16.3. The molecule has 0 saturated heterocycles. The molecular formula is C15H14N2O4. The van der Waals surface area contributed by atoms with Crippen LogP contribution in [0.4, 0.5) is 5.69 Å². The monoisotopic (exact) mass is 286 g/mol. The molecule has 1 aliphatic heterocycles. The van der Waals surface area contributed by atoms with Crippen LogP contribution in [0.5, 0.6) is 23.0 Å².